The normalized spacial score (nSPS) is 15.0. The molecule has 4 nitrogen and oxygen atoms in total. The molecule has 0 bridgehead atoms. The second kappa shape index (κ2) is 14.7. The SMILES string of the molecule is CCCCCCCCCCCC[N+](C)(C)C.O=S(=O)(O)C(F)(F)C(F)(F)C(F)(F)C(F)(F)C(F)(F)C(F)(F)C(F)(F)F. The first kappa shape index (κ1) is 43.0. The Hall–Kier alpha value is -1.18. The third kappa shape index (κ3) is 9.92. The van der Waals surface area contributed by atoms with E-state index < -0.39 is 51.2 Å². The van der Waals surface area contributed by atoms with Gasteiger partial charge in [-0.1, -0.05) is 58.3 Å². The van der Waals surface area contributed by atoms with Gasteiger partial charge < -0.3 is 4.48 Å². The van der Waals surface area contributed by atoms with Crippen LogP contribution in [0, 0.1) is 0 Å². The second-order valence-corrected chi connectivity index (χ2v) is 12.0. The van der Waals surface area contributed by atoms with E-state index in [0.29, 0.717) is 0 Å². The lowest BCUT2D eigenvalue weighted by atomic mass is 9.94. The van der Waals surface area contributed by atoms with Crippen LogP contribution in [0.15, 0.2) is 0 Å². The highest BCUT2D eigenvalue weighted by atomic mass is 32.2. The highest BCUT2D eigenvalue weighted by molar-refractivity contribution is 7.87. The number of hydrogen-bond acceptors (Lipinski definition) is 2. The molecule has 0 aliphatic carbocycles. The van der Waals surface area contributed by atoms with Gasteiger partial charge in [0.1, 0.15) is 0 Å². The van der Waals surface area contributed by atoms with Crippen LogP contribution >= 0.6 is 0 Å². The van der Waals surface area contributed by atoms with E-state index >= 15 is 0 Å². The minimum atomic E-state index is -8.60. The monoisotopic (exact) mass is 678 g/mol. The lowest BCUT2D eigenvalue weighted by Crippen LogP contribution is -2.73. The molecule has 0 aromatic rings. The second-order valence-electron chi connectivity index (χ2n) is 10.6. The Morgan fingerprint density at radius 1 is 0.500 bits per heavy atom. The van der Waals surface area contributed by atoms with Gasteiger partial charge >= 0.3 is 51.2 Å². The first-order valence-electron chi connectivity index (χ1n) is 12.4. The van der Waals surface area contributed by atoms with E-state index in [4.69, 9.17) is 4.55 Å². The van der Waals surface area contributed by atoms with Crippen molar-refractivity contribution in [1.82, 2.24) is 0 Å². The maximum absolute atomic E-state index is 12.9. The zero-order valence-electron chi connectivity index (χ0n) is 23.1. The molecule has 0 aliphatic heterocycles. The number of halogens is 15. The van der Waals surface area contributed by atoms with E-state index in [1.54, 1.807) is 0 Å². The molecule has 0 rings (SSSR count). The highest BCUT2D eigenvalue weighted by Gasteiger charge is 2.94. The Balaban J connectivity index is 0. The summed E-state index contributed by atoms with van der Waals surface area (Å²) in [6, 6.07) is 0. The van der Waals surface area contributed by atoms with Gasteiger partial charge in [0.25, 0.3) is 0 Å². The van der Waals surface area contributed by atoms with E-state index in [-0.39, 0.29) is 0 Å². The summed E-state index contributed by atoms with van der Waals surface area (Å²) in [5.41, 5.74) is 0. The van der Waals surface area contributed by atoms with Gasteiger partial charge in [-0.15, -0.1) is 0 Å². The third-order valence-electron chi connectivity index (χ3n) is 5.81. The topological polar surface area (TPSA) is 54.4 Å². The Labute approximate surface area is 233 Å². The summed E-state index contributed by atoms with van der Waals surface area (Å²) >= 11 is 0. The summed E-state index contributed by atoms with van der Waals surface area (Å²) in [5.74, 6) is -42.0. The molecule has 0 aromatic heterocycles. The lowest BCUT2D eigenvalue weighted by Gasteiger charge is -2.40. The molecule has 0 spiro atoms. The van der Waals surface area contributed by atoms with E-state index in [0.717, 1.165) is 4.48 Å². The van der Waals surface area contributed by atoms with Gasteiger partial charge in [0.2, 0.25) is 0 Å². The molecule has 0 fully saturated rings. The number of hydrogen-bond donors (Lipinski definition) is 1. The molecule has 1 N–H and O–H groups in total. The average molecular weight is 679 g/mol. The fraction of sp³-hybridized carbons (Fsp3) is 1.00. The quantitative estimate of drug-likeness (QED) is 0.0725. The first-order valence-corrected chi connectivity index (χ1v) is 13.9. The summed E-state index contributed by atoms with van der Waals surface area (Å²) in [6.07, 6.45) is 6.65. The summed E-state index contributed by atoms with van der Waals surface area (Å²) in [5, 5.41) is -7.70. The zero-order valence-corrected chi connectivity index (χ0v) is 23.9. The van der Waals surface area contributed by atoms with Crippen molar-refractivity contribution in [3.63, 3.8) is 0 Å². The van der Waals surface area contributed by atoms with E-state index in [2.05, 4.69) is 28.1 Å². The van der Waals surface area contributed by atoms with Crippen LogP contribution < -0.4 is 0 Å². The molecule has 0 saturated carbocycles. The number of unbranched alkanes of at least 4 members (excludes halogenated alkanes) is 9. The summed E-state index contributed by atoms with van der Waals surface area (Å²) < 4.78 is 216. The van der Waals surface area contributed by atoms with Crippen molar-refractivity contribution in [2.45, 2.75) is 112 Å². The Kier molecular flexibility index (Phi) is 15.1. The molecule has 0 radical (unpaired) electrons. The van der Waals surface area contributed by atoms with Gasteiger partial charge in [0.05, 0.1) is 27.7 Å². The van der Waals surface area contributed by atoms with Gasteiger partial charge in [0.15, 0.2) is 0 Å². The first-order chi connectivity index (χ1) is 18.3. The molecular formula is C22H35F15NO3S+. The predicted molar refractivity (Wildman–Crippen MR) is 122 cm³/mol. The minimum Gasteiger partial charge on any atom is -0.331 e. The average Bonchev–Trinajstić information content (AvgIpc) is 2.77. The van der Waals surface area contributed by atoms with Crippen molar-refractivity contribution in [3.8, 4) is 0 Å². The van der Waals surface area contributed by atoms with E-state index in [1.165, 1.54) is 70.8 Å². The van der Waals surface area contributed by atoms with Crippen LogP contribution in [0.3, 0.4) is 0 Å². The minimum absolute atomic E-state index is 1.12. The number of nitrogens with zero attached hydrogens (tertiary/aromatic N) is 1. The fourth-order valence-electron chi connectivity index (χ4n) is 3.19. The third-order valence-corrected chi connectivity index (χ3v) is 6.71. The van der Waals surface area contributed by atoms with Crippen molar-refractivity contribution in [2.24, 2.45) is 0 Å². The van der Waals surface area contributed by atoms with E-state index in [9.17, 15) is 74.3 Å². The summed E-state index contributed by atoms with van der Waals surface area (Å²) in [6.45, 7) is 3.62. The predicted octanol–water partition coefficient (Wildman–Crippen LogP) is 8.82. The molecule has 0 atom stereocenters. The van der Waals surface area contributed by atoms with Crippen LogP contribution in [-0.4, -0.2) is 86.2 Å². The van der Waals surface area contributed by atoms with Crippen molar-refractivity contribution < 1.29 is 83.3 Å². The largest absolute Gasteiger partial charge is 0.460 e. The molecule has 256 valence electrons. The molecule has 0 aromatic carbocycles. The lowest BCUT2D eigenvalue weighted by molar-refractivity contribution is -0.870. The maximum Gasteiger partial charge on any atom is 0.460 e. The van der Waals surface area contributed by atoms with Gasteiger partial charge in [0, 0.05) is 0 Å². The Morgan fingerprint density at radius 2 is 0.786 bits per heavy atom. The van der Waals surface area contributed by atoms with Crippen LogP contribution in [0.25, 0.3) is 0 Å². The molecule has 42 heavy (non-hydrogen) atoms. The van der Waals surface area contributed by atoms with Gasteiger partial charge in [-0.2, -0.15) is 74.3 Å². The molecule has 0 unspecified atom stereocenters. The van der Waals surface area contributed by atoms with Crippen LogP contribution in [0.4, 0.5) is 65.9 Å². The molecule has 0 amide bonds. The van der Waals surface area contributed by atoms with Crippen molar-refractivity contribution in [3.05, 3.63) is 0 Å². The number of alkyl halides is 15. The van der Waals surface area contributed by atoms with Crippen LogP contribution in [0.2, 0.25) is 0 Å². The van der Waals surface area contributed by atoms with Gasteiger partial charge in [-0.25, -0.2) is 0 Å². The molecule has 0 saturated heterocycles. The molecule has 0 heterocycles. The Bertz CT molecular complexity index is 915. The van der Waals surface area contributed by atoms with Crippen molar-refractivity contribution >= 4 is 10.1 Å². The molecular weight excluding hydrogens is 643 g/mol. The molecule has 0 aliphatic rings. The highest BCUT2D eigenvalue weighted by Crippen LogP contribution is 2.62. The maximum atomic E-state index is 12.9. The summed E-state index contributed by atoms with van der Waals surface area (Å²) in [7, 11) is -0.908. The van der Waals surface area contributed by atoms with Crippen molar-refractivity contribution in [1.29, 1.82) is 0 Å². The van der Waals surface area contributed by atoms with Crippen LogP contribution in [0.5, 0.6) is 0 Å². The van der Waals surface area contributed by atoms with Crippen molar-refractivity contribution in [2.75, 3.05) is 27.7 Å². The van der Waals surface area contributed by atoms with E-state index in [1.807, 2.05) is 0 Å². The number of rotatable bonds is 17. The number of quaternary nitrogens is 1. The van der Waals surface area contributed by atoms with Gasteiger partial charge in [-0.05, 0) is 12.8 Å². The van der Waals surface area contributed by atoms with Gasteiger partial charge in [-0.3, -0.25) is 4.55 Å². The molecule has 20 heteroatoms. The van der Waals surface area contributed by atoms with Crippen LogP contribution in [0.1, 0.15) is 71.1 Å². The smallest absolute Gasteiger partial charge is 0.331 e. The standard InChI is InChI=1S/C15H34N.C7HF15O3S/c1-5-6-7-8-9-10-11-12-13-14-15-16(2,3)4;8-1(9,2(10,11)4(14,15)6(18,19)20)3(12,13)5(16,17)7(21,22)26(23,24)25/h5-15H2,1-4H3;(H,23,24,25)/q+1;. The Morgan fingerprint density at radius 3 is 1.07 bits per heavy atom. The fourth-order valence-corrected chi connectivity index (χ4v) is 3.64. The zero-order chi connectivity index (χ0) is 34.3. The summed E-state index contributed by atoms with van der Waals surface area (Å²) in [4.78, 5) is 0. The van der Waals surface area contributed by atoms with Crippen LogP contribution in [-0.2, 0) is 10.1 Å².